The number of hydrogen-bond acceptors (Lipinski definition) is 10. The number of carbonyl (C=O) groups excluding carboxylic acids is 1. The Kier molecular flexibility index (Phi) is 5.69. The van der Waals surface area contributed by atoms with Gasteiger partial charge in [0.15, 0.2) is 17.8 Å². The summed E-state index contributed by atoms with van der Waals surface area (Å²) >= 11 is 0. The number of aliphatic hydroxyl groups excluding tert-OH is 4. The van der Waals surface area contributed by atoms with Crippen molar-refractivity contribution in [2.75, 3.05) is 26.1 Å². The molecular weight excluding hydrogens is 366 g/mol. The number of amides is 1. The first-order valence-corrected chi connectivity index (χ1v) is 8.09. The van der Waals surface area contributed by atoms with Gasteiger partial charge in [0.25, 0.3) is 12.2 Å². The first-order valence-electron chi connectivity index (χ1n) is 8.09. The third kappa shape index (κ3) is 3.52. The number of ether oxygens (including phenoxy) is 5. The molecule has 0 spiro atoms. The number of anilines is 1. The Bertz CT molecular complexity index is 696. The van der Waals surface area contributed by atoms with Gasteiger partial charge in [-0.3, -0.25) is 4.79 Å². The molecule has 0 aliphatic carbocycles. The highest BCUT2D eigenvalue weighted by atomic mass is 16.8. The van der Waals surface area contributed by atoms with Gasteiger partial charge in [-0.25, -0.2) is 0 Å². The zero-order chi connectivity index (χ0) is 19.7. The molecule has 1 fully saturated rings. The lowest BCUT2D eigenvalue weighted by Gasteiger charge is -2.40. The second kappa shape index (κ2) is 7.84. The summed E-state index contributed by atoms with van der Waals surface area (Å²) in [6, 6.07) is 3.14. The number of nitrogens with one attached hydrogen (secondary N) is 1. The molecule has 1 aromatic rings. The van der Waals surface area contributed by atoms with Gasteiger partial charge in [0.1, 0.15) is 24.4 Å². The van der Waals surface area contributed by atoms with Gasteiger partial charge in [0.05, 0.1) is 26.5 Å². The highest BCUT2D eigenvalue weighted by Crippen LogP contribution is 2.45. The summed E-state index contributed by atoms with van der Waals surface area (Å²) in [7, 11) is 2.83. The molecule has 0 saturated carbocycles. The van der Waals surface area contributed by atoms with Crippen molar-refractivity contribution >= 4 is 11.6 Å². The molecular formula is C16H21NO10. The van der Waals surface area contributed by atoms with Gasteiger partial charge < -0.3 is 49.4 Å². The van der Waals surface area contributed by atoms with Crippen LogP contribution in [-0.4, -0.2) is 84.2 Å². The summed E-state index contributed by atoms with van der Waals surface area (Å²) < 4.78 is 26.6. The van der Waals surface area contributed by atoms with E-state index in [0.717, 1.165) is 0 Å². The van der Waals surface area contributed by atoms with Crippen LogP contribution in [0.5, 0.6) is 17.2 Å². The molecule has 2 heterocycles. The summed E-state index contributed by atoms with van der Waals surface area (Å²) in [4.78, 5) is 12.3. The molecule has 2 aliphatic heterocycles. The summed E-state index contributed by atoms with van der Waals surface area (Å²) in [6.07, 6.45) is -9.13. The zero-order valence-corrected chi connectivity index (χ0v) is 14.6. The maximum absolute atomic E-state index is 12.3. The SMILES string of the molecule is COc1ccc2c(c1OC)OC(O[C@@H]1O[C@H](CO)[C@@H](O)[C@H](O)[C@H]1O)C(=O)N2. The van der Waals surface area contributed by atoms with Crippen molar-refractivity contribution in [3.8, 4) is 17.2 Å². The Morgan fingerprint density at radius 3 is 2.48 bits per heavy atom. The standard InChI is InChI=1S/C16H21NO10/c1-23-7-4-3-6-12(13(7)24-2)26-16(14(22)17-6)27-15-11(21)10(20)9(19)8(5-18)25-15/h3-4,8-11,15-16,18-21H,5H2,1-2H3,(H,17,22)/t8-,9-,10+,11-,15+,16?/m1/s1. The largest absolute Gasteiger partial charge is 0.493 e. The molecule has 6 atom stereocenters. The van der Waals surface area contributed by atoms with Crippen molar-refractivity contribution in [1.82, 2.24) is 0 Å². The fourth-order valence-corrected chi connectivity index (χ4v) is 2.86. The van der Waals surface area contributed by atoms with Gasteiger partial charge in [-0.1, -0.05) is 0 Å². The highest BCUT2D eigenvalue weighted by molar-refractivity contribution is 5.98. The molecule has 11 heteroatoms. The maximum Gasteiger partial charge on any atom is 0.294 e. The normalized spacial score (nSPS) is 32.9. The molecule has 3 rings (SSSR count). The zero-order valence-electron chi connectivity index (χ0n) is 14.6. The molecule has 27 heavy (non-hydrogen) atoms. The van der Waals surface area contributed by atoms with E-state index in [2.05, 4.69) is 5.32 Å². The number of benzene rings is 1. The average molecular weight is 387 g/mol. The maximum atomic E-state index is 12.3. The summed E-state index contributed by atoms with van der Waals surface area (Å²) in [5.74, 6) is 0.0362. The van der Waals surface area contributed by atoms with Gasteiger partial charge in [-0.15, -0.1) is 0 Å². The summed E-state index contributed by atoms with van der Waals surface area (Å²) in [6.45, 7) is -0.629. The Labute approximate surface area is 154 Å². The van der Waals surface area contributed by atoms with E-state index in [1.54, 1.807) is 12.1 Å². The molecule has 0 aromatic heterocycles. The van der Waals surface area contributed by atoms with Gasteiger partial charge in [-0.2, -0.15) is 0 Å². The van der Waals surface area contributed by atoms with E-state index >= 15 is 0 Å². The fourth-order valence-electron chi connectivity index (χ4n) is 2.86. The molecule has 1 unspecified atom stereocenters. The molecule has 150 valence electrons. The predicted octanol–water partition coefficient (Wildman–Crippen LogP) is -1.82. The van der Waals surface area contributed by atoms with Crippen LogP contribution in [0.4, 0.5) is 5.69 Å². The van der Waals surface area contributed by atoms with Crippen molar-refractivity contribution in [1.29, 1.82) is 0 Å². The number of methoxy groups -OCH3 is 2. The quantitative estimate of drug-likeness (QED) is 0.390. The minimum atomic E-state index is -1.67. The molecule has 2 aliphatic rings. The van der Waals surface area contributed by atoms with E-state index in [-0.39, 0.29) is 11.5 Å². The van der Waals surface area contributed by atoms with Crippen molar-refractivity contribution in [2.45, 2.75) is 37.0 Å². The van der Waals surface area contributed by atoms with Crippen LogP contribution in [0.25, 0.3) is 0 Å². The number of fused-ring (bicyclic) bond motifs is 1. The topological polar surface area (TPSA) is 156 Å². The number of aliphatic hydroxyl groups is 4. The monoisotopic (exact) mass is 387 g/mol. The first kappa shape index (κ1) is 19.6. The average Bonchev–Trinajstić information content (AvgIpc) is 2.67. The summed E-state index contributed by atoms with van der Waals surface area (Å²) in [5, 5.41) is 41.4. The van der Waals surface area contributed by atoms with E-state index in [1.165, 1.54) is 14.2 Å². The van der Waals surface area contributed by atoms with Crippen molar-refractivity contribution in [2.24, 2.45) is 0 Å². The van der Waals surface area contributed by atoms with Gasteiger partial charge in [0.2, 0.25) is 5.75 Å². The van der Waals surface area contributed by atoms with Crippen molar-refractivity contribution < 1.29 is 48.9 Å². The third-order valence-corrected chi connectivity index (χ3v) is 4.30. The van der Waals surface area contributed by atoms with Crippen LogP contribution in [0.15, 0.2) is 12.1 Å². The van der Waals surface area contributed by atoms with E-state index < -0.39 is 49.5 Å². The van der Waals surface area contributed by atoms with Crippen LogP contribution in [0, 0.1) is 0 Å². The van der Waals surface area contributed by atoms with Crippen LogP contribution in [0.2, 0.25) is 0 Å². The predicted molar refractivity (Wildman–Crippen MR) is 87.4 cm³/mol. The molecule has 0 bridgehead atoms. The van der Waals surface area contributed by atoms with E-state index in [1.807, 2.05) is 0 Å². The number of carbonyl (C=O) groups is 1. The van der Waals surface area contributed by atoms with E-state index in [0.29, 0.717) is 11.4 Å². The van der Waals surface area contributed by atoms with Gasteiger partial charge in [0, 0.05) is 0 Å². The number of rotatable bonds is 5. The van der Waals surface area contributed by atoms with Crippen LogP contribution in [0.1, 0.15) is 0 Å². The van der Waals surface area contributed by atoms with E-state index in [9.17, 15) is 25.2 Å². The second-order valence-electron chi connectivity index (χ2n) is 5.95. The van der Waals surface area contributed by atoms with Crippen LogP contribution in [0.3, 0.4) is 0 Å². The lowest BCUT2D eigenvalue weighted by atomic mass is 9.99. The minimum absolute atomic E-state index is 0.144. The lowest BCUT2D eigenvalue weighted by Crippen LogP contribution is -2.60. The molecule has 1 saturated heterocycles. The first-order chi connectivity index (χ1) is 12.9. The minimum Gasteiger partial charge on any atom is -0.493 e. The Morgan fingerprint density at radius 1 is 1.11 bits per heavy atom. The molecule has 1 aromatic carbocycles. The van der Waals surface area contributed by atoms with Crippen molar-refractivity contribution in [3.63, 3.8) is 0 Å². The van der Waals surface area contributed by atoms with Gasteiger partial charge >= 0.3 is 0 Å². The Hall–Kier alpha value is -2.15. The molecule has 0 radical (unpaired) electrons. The van der Waals surface area contributed by atoms with Crippen LogP contribution >= 0.6 is 0 Å². The van der Waals surface area contributed by atoms with Crippen LogP contribution < -0.4 is 19.5 Å². The Balaban J connectivity index is 1.82. The summed E-state index contributed by atoms with van der Waals surface area (Å²) in [5.41, 5.74) is 0.325. The smallest absolute Gasteiger partial charge is 0.294 e. The fraction of sp³-hybridized carbons (Fsp3) is 0.562. The Morgan fingerprint density at radius 2 is 1.85 bits per heavy atom. The molecule has 1 amide bonds. The number of hydrogen-bond donors (Lipinski definition) is 5. The van der Waals surface area contributed by atoms with Crippen molar-refractivity contribution in [3.05, 3.63) is 12.1 Å². The molecule has 5 N–H and O–H groups in total. The second-order valence-corrected chi connectivity index (χ2v) is 5.95. The lowest BCUT2D eigenvalue weighted by molar-refractivity contribution is -0.322. The van der Waals surface area contributed by atoms with Gasteiger partial charge in [-0.05, 0) is 12.1 Å². The molecule has 11 nitrogen and oxygen atoms in total. The van der Waals surface area contributed by atoms with E-state index in [4.69, 9.17) is 23.7 Å². The highest BCUT2D eigenvalue weighted by Gasteiger charge is 2.46. The van der Waals surface area contributed by atoms with Crippen LogP contribution in [-0.2, 0) is 14.3 Å². The third-order valence-electron chi connectivity index (χ3n) is 4.30.